The van der Waals surface area contributed by atoms with Crippen LogP contribution in [0.5, 0.6) is 0 Å². The van der Waals surface area contributed by atoms with Gasteiger partial charge in [-0.2, -0.15) is 0 Å². The van der Waals surface area contributed by atoms with Crippen molar-refractivity contribution in [3.63, 3.8) is 0 Å². The Hall–Kier alpha value is -1.85. The molecule has 0 spiro atoms. The molecule has 1 aliphatic heterocycles. The summed E-state index contributed by atoms with van der Waals surface area (Å²) in [5.41, 5.74) is -0.114. The van der Waals surface area contributed by atoms with Crippen LogP contribution in [0.15, 0.2) is 17.2 Å². The fraction of sp³-hybridized carbons (Fsp3) is 0.615. The van der Waals surface area contributed by atoms with Gasteiger partial charge in [-0.3, -0.25) is 9.59 Å². The monoisotopic (exact) mass is 264 g/mol. The lowest BCUT2D eigenvalue weighted by Gasteiger charge is -2.30. The third-order valence-electron chi connectivity index (χ3n) is 3.39. The van der Waals surface area contributed by atoms with Gasteiger partial charge in [-0.15, -0.1) is 0 Å². The number of carbonyl (C=O) groups excluding carboxylic acids is 1. The number of piperidine rings is 1. The lowest BCUT2D eigenvalue weighted by atomic mass is 10.1. The molecule has 1 fully saturated rings. The summed E-state index contributed by atoms with van der Waals surface area (Å²) < 4.78 is 1.65. The van der Waals surface area contributed by atoms with Crippen LogP contribution in [0.1, 0.15) is 32.7 Å². The maximum Gasteiger partial charge on any atom is 0.293 e. The molecule has 2 heterocycles. The van der Waals surface area contributed by atoms with E-state index in [0.29, 0.717) is 18.8 Å². The molecule has 19 heavy (non-hydrogen) atoms. The van der Waals surface area contributed by atoms with Gasteiger partial charge in [-0.1, -0.05) is 0 Å². The summed E-state index contributed by atoms with van der Waals surface area (Å²) in [7, 11) is 1.78. The zero-order valence-electron chi connectivity index (χ0n) is 11.6. The smallest absolute Gasteiger partial charge is 0.293 e. The number of hydrogen-bond donors (Lipinski definition) is 1. The summed E-state index contributed by atoms with van der Waals surface area (Å²) in [5.74, 6) is 0.516. The van der Waals surface area contributed by atoms with Gasteiger partial charge in [-0.25, -0.2) is 4.98 Å². The normalized spacial score (nSPS) is 19.9. The topological polar surface area (TPSA) is 67.2 Å². The van der Waals surface area contributed by atoms with Gasteiger partial charge < -0.3 is 14.8 Å². The van der Waals surface area contributed by atoms with Crippen LogP contribution >= 0.6 is 0 Å². The van der Waals surface area contributed by atoms with Crippen LogP contribution in [0.3, 0.4) is 0 Å². The maximum absolute atomic E-state index is 12.2. The first kappa shape index (κ1) is 13.6. The van der Waals surface area contributed by atoms with Crippen LogP contribution in [0.25, 0.3) is 0 Å². The van der Waals surface area contributed by atoms with Gasteiger partial charge in [0.25, 0.3) is 5.56 Å². The molecule has 0 bridgehead atoms. The van der Waals surface area contributed by atoms with Gasteiger partial charge in [0.15, 0.2) is 5.82 Å². The van der Waals surface area contributed by atoms with Gasteiger partial charge in [0, 0.05) is 44.5 Å². The molecule has 104 valence electrons. The van der Waals surface area contributed by atoms with Gasteiger partial charge in [0.1, 0.15) is 0 Å². The summed E-state index contributed by atoms with van der Waals surface area (Å²) in [5, 5.41) is 3.16. The zero-order valence-corrected chi connectivity index (χ0v) is 11.6. The minimum Gasteiger partial charge on any atom is -0.361 e. The predicted octanol–water partition coefficient (Wildman–Crippen LogP) is 0.857. The molecule has 0 saturated carbocycles. The molecule has 2 rings (SSSR count). The molecule has 1 aliphatic rings. The molecule has 1 atom stereocenters. The minimum atomic E-state index is -0.114. The first-order chi connectivity index (χ1) is 8.99. The van der Waals surface area contributed by atoms with Crippen molar-refractivity contribution >= 4 is 11.7 Å². The molecule has 1 N–H and O–H groups in total. The molecule has 0 aliphatic carbocycles. The quantitative estimate of drug-likeness (QED) is 0.879. The van der Waals surface area contributed by atoms with Crippen molar-refractivity contribution in [2.24, 2.45) is 0 Å². The molecular weight excluding hydrogens is 244 g/mol. The van der Waals surface area contributed by atoms with Crippen LogP contribution in [0.2, 0.25) is 0 Å². The average molecular weight is 264 g/mol. The number of nitrogens with zero attached hydrogens (tertiary/aromatic N) is 3. The van der Waals surface area contributed by atoms with Crippen LogP contribution in [-0.2, 0) is 4.79 Å². The Balaban J connectivity index is 2.14. The predicted molar refractivity (Wildman–Crippen MR) is 73.2 cm³/mol. The van der Waals surface area contributed by atoms with E-state index < -0.39 is 0 Å². The number of rotatable bonds is 3. The highest BCUT2D eigenvalue weighted by molar-refractivity contribution is 5.76. The first-order valence-corrected chi connectivity index (χ1v) is 6.56. The molecule has 0 radical (unpaired) electrons. The Labute approximate surface area is 112 Å². The molecule has 1 aromatic heterocycles. The van der Waals surface area contributed by atoms with Crippen molar-refractivity contribution in [3.8, 4) is 0 Å². The van der Waals surface area contributed by atoms with E-state index in [2.05, 4.69) is 10.3 Å². The SMILES string of the molecule is CC(C)n1ccnc(NC2CCC(=O)N(C)C2)c1=O. The van der Waals surface area contributed by atoms with Crippen LogP contribution in [0, 0.1) is 0 Å². The summed E-state index contributed by atoms with van der Waals surface area (Å²) in [6.45, 7) is 4.52. The molecule has 1 saturated heterocycles. The molecule has 6 nitrogen and oxygen atoms in total. The largest absolute Gasteiger partial charge is 0.361 e. The van der Waals surface area contributed by atoms with E-state index >= 15 is 0 Å². The van der Waals surface area contributed by atoms with Crippen molar-refractivity contribution < 1.29 is 4.79 Å². The summed E-state index contributed by atoms with van der Waals surface area (Å²) in [6, 6.07) is 0.192. The number of anilines is 1. The first-order valence-electron chi connectivity index (χ1n) is 6.56. The second-order valence-corrected chi connectivity index (χ2v) is 5.24. The van der Waals surface area contributed by atoms with E-state index in [1.807, 2.05) is 13.8 Å². The highest BCUT2D eigenvalue weighted by Crippen LogP contribution is 2.13. The van der Waals surface area contributed by atoms with E-state index in [9.17, 15) is 9.59 Å². The van der Waals surface area contributed by atoms with Crippen molar-refractivity contribution in [1.29, 1.82) is 0 Å². The Morgan fingerprint density at radius 3 is 2.79 bits per heavy atom. The molecular formula is C13H20N4O2. The van der Waals surface area contributed by atoms with Crippen molar-refractivity contribution in [2.75, 3.05) is 18.9 Å². The number of likely N-dealkylation sites (tertiary alicyclic amines) is 1. The van der Waals surface area contributed by atoms with Crippen LogP contribution in [-0.4, -0.2) is 40.0 Å². The third-order valence-corrected chi connectivity index (χ3v) is 3.39. The van der Waals surface area contributed by atoms with E-state index in [1.54, 1.807) is 28.9 Å². The van der Waals surface area contributed by atoms with Crippen molar-refractivity contribution in [3.05, 3.63) is 22.7 Å². The minimum absolute atomic E-state index is 0.0888. The summed E-state index contributed by atoms with van der Waals surface area (Å²) in [4.78, 5) is 29.4. The van der Waals surface area contributed by atoms with Gasteiger partial charge >= 0.3 is 0 Å². The fourth-order valence-electron chi connectivity index (χ4n) is 2.25. The highest BCUT2D eigenvalue weighted by atomic mass is 16.2. The van der Waals surface area contributed by atoms with Crippen molar-refractivity contribution in [2.45, 2.75) is 38.8 Å². The number of carbonyl (C=O) groups is 1. The number of aromatic nitrogens is 2. The number of nitrogens with one attached hydrogen (secondary N) is 1. The molecule has 0 aromatic carbocycles. The van der Waals surface area contributed by atoms with E-state index in [4.69, 9.17) is 0 Å². The number of amides is 1. The van der Waals surface area contributed by atoms with Crippen LogP contribution < -0.4 is 10.9 Å². The Bertz CT molecular complexity index is 524. The van der Waals surface area contributed by atoms with E-state index in [0.717, 1.165) is 6.42 Å². The van der Waals surface area contributed by atoms with E-state index in [1.165, 1.54) is 0 Å². The molecule has 1 unspecified atom stereocenters. The Morgan fingerprint density at radius 2 is 2.16 bits per heavy atom. The van der Waals surface area contributed by atoms with Crippen LogP contribution in [0.4, 0.5) is 5.82 Å². The number of likely N-dealkylation sites (N-methyl/N-ethyl adjacent to an activating group) is 1. The van der Waals surface area contributed by atoms with Gasteiger partial charge in [-0.05, 0) is 20.3 Å². The van der Waals surface area contributed by atoms with Gasteiger partial charge in [0.05, 0.1) is 0 Å². The summed E-state index contributed by atoms with van der Waals surface area (Å²) >= 11 is 0. The number of hydrogen-bond acceptors (Lipinski definition) is 4. The fourth-order valence-corrected chi connectivity index (χ4v) is 2.25. The highest BCUT2D eigenvalue weighted by Gasteiger charge is 2.23. The third kappa shape index (κ3) is 2.94. The Morgan fingerprint density at radius 1 is 1.42 bits per heavy atom. The molecule has 1 aromatic rings. The Kier molecular flexibility index (Phi) is 3.87. The van der Waals surface area contributed by atoms with E-state index in [-0.39, 0.29) is 23.6 Å². The second kappa shape index (κ2) is 5.42. The lowest BCUT2D eigenvalue weighted by molar-refractivity contribution is -0.132. The second-order valence-electron chi connectivity index (χ2n) is 5.24. The zero-order chi connectivity index (χ0) is 14.0. The molecule has 1 amide bonds. The average Bonchev–Trinajstić information content (AvgIpc) is 2.36. The standard InChI is InChI=1S/C13H20N4O2/c1-9(2)17-7-6-14-12(13(17)19)15-10-4-5-11(18)16(3)8-10/h6-7,9-10H,4-5,8H2,1-3H3,(H,14,15). The maximum atomic E-state index is 12.2. The molecule has 6 heteroatoms. The summed E-state index contributed by atoms with van der Waals surface area (Å²) in [6.07, 6.45) is 4.57. The van der Waals surface area contributed by atoms with Gasteiger partial charge in [0.2, 0.25) is 5.91 Å². The van der Waals surface area contributed by atoms with Crippen molar-refractivity contribution in [1.82, 2.24) is 14.5 Å². The lowest BCUT2D eigenvalue weighted by Crippen LogP contribution is -2.44.